The topological polar surface area (TPSA) is 695 Å². The van der Waals surface area contributed by atoms with Crippen LogP contribution in [-0.4, -0.2) is 296 Å². The molecule has 0 aromatic carbocycles. The highest BCUT2D eigenvalue weighted by Gasteiger charge is 2.60. The first kappa shape index (κ1) is 66.3. The van der Waals surface area contributed by atoms with Crippen molar-refractivity contribution in [1.82, 2.24) is 0 Å². The Bertz CT molecular complexity index is 2660. The van der Waals surface area contributed by atoms with Crippen LogP contribution in [0.5, 0.6) is 0 Å². The van der Waals surface area contributed by atoms with E-state index in [-0.39, 0.29) is 0 Å². The van der Waals surface area contributed by atoms with E-state index in [1.165, 1.54) is 0 Å². The molecule has 0 spiro atoms. The molecule has 20 N–H and O–H groups in total. The van der Waals surface area contributed by atoms with Crippen molar-refractivity contribution in [1.29, 1.82) is 0 Å². The number of aliphatic hydroxyl groups excluding tert-OH is 7. The van der Waals surface area contributed by atoms with Gasteiger partial charge in [-0.15, -0.1) is 0 Å². The number of nitrogens with two attached hydrogens (primary N) is 3. The van der Waals surface area contributed by atoms with Gasteiger partial charge in [-0.1, -0.05) is 0 Å². The van der Waals surface area contributed by atoms with Crippen molar-refractivity contribution in [3.05, 3.63) is 0 Å². The standard InChI is InChI=1S/C30H51N3O40S5/c31-7-12(36)16(5(63-26(7)44)2-61-75(48,49)50)66-30-21(73-78(57,58)59)15(39)20(23(71-30)25(42)43)69-28-9(33)18(72-77(54,55)56)17(6(65-28)3-62-76(51,52)53)67-29-14(38)13(37)19(22(70-29)24(40)41)68-27-8(32)11(35)10(34)4(64-27)1-60-74(45,46)47/h4-23,26-30,34-39,44H,1-3,31-33H2,(H,40,41)(H,42,43)(H,45,46,47)(H,48,49,50)(H,51,52,53)(H,54,55,56)(H,57,58,59)/t4?,5?,6?,7-,8?,9?,10+,11+,12?,13?,14-,15?,16+,17+,18+,19-,20+,21-,22?,23?,26-,27+,28-,29+,30+/m0/s1. The fourth-order valence-corrected chi connectivity index (χ4v) is 9.91. The second kappa shape index (κ2) is 25.6. The normalized spacial score (nSPS) is 42.5. The van der Waals surface area contributed by atoms with Crippen LogP contribution in [0.15, 0.2) is 0 Å². The van der Waals surface area contributed by atoms with Crippen LogP contribution >= 0.6 is 0 Å². The number of carboxylic acids is 2. The number of hydrogen-bond acceptors (Lipinski definition) is 36. The Morgan fingerprint density at radius 1 is 0.372 bits per heavy atom. The Hall–Kier alpha value is -2.47. The molecule has 0 saturated carbocycles. The first-order valence-corrected chi connectivity index (χ1v) is 28.0. The fourth-order valence-electron chi connectivity index (χ4n) is 7.98. The summed E-state index contributed by atoms with van der Waals surface area (Å²) >= 11 is 0. The predicted octanol–water partition coefficient (Wildman–Crippen LogP) is -12.7. The zero-order valence-electron chi connectivity index (χ0n) is 38.2. The highest BCUT2D eigenvalue weighted by molar-refractivity contribution is 7.81. The minimum atomic E-state index is -5.95. The molecular weight excluding hydrogens is 1200 g/mol. The molecule has 43 nitrogen and oxygen atoms in total. The first-order valence-electron chi connectivity index (χ1n) is 21.1. The van der Waals surface area contributed by atoms with E-state index in [4.69, 9.17) is 68.9 Å². The maximum Gasteiger partial charge on any atom is 0.397 e. The second-order valence-electron chi connectivity index (χ2n) is 16.9. The van der Waals surface area contributed by atoms with E-state index in [9.17, 15) is 111 Å². The Morgan fingerprint density at radius 2 is 0.769 bits per heavy atom. The smallest absolute Gasteiger partial charge is 0.397 e. The minimum absolute atomic E-state index is 1.25. The van der Waals surface area contributed by atoms with E-state index in [0.29, 0.717) is 0 Å². The monoisotopic (exact) mass is 1250 g/mol. The molecule has 0 aliphatic carbocycles. The quantitative estimate of drug-likeness (QED) is 0.0422. The van der Waals surface area contributed by atoms with Crippen LogP contribution in [0, 0.1) is 0 Å². The van der Waals surface area contributed by atoms with Gasteiger partial charge in [-0.05, 0) is 0 Å². The van der Waals surface area contributed by atoms with Gasteiger partial charge in [0, 0.05) is 0 Å². The lowest BCUT2D eigenvalue weighted by Crippen LogP contribution is -2.70. The molecule has 5 fully saturated rings. The van der Waals surface area contributed by atoms with Crippen LogP contribution < -0.4 is 17.2 Å². The molecule has 5 aliphatic heterocycles. The lowest BCUT2D eigenvalue weighted by molar-refractivity contribution is -0.371. The Labute approximate surface area is 437 Å². The highest BCUT2D eigenvalue weighted by atomic mass is 32.3. The Balaban J connectivity index is 1.47. The third kappa shape index (κ3) is 17.3. The molecule has 5 rings (SSSR count). The summed E-state index contributed by atoms with van der Waals surface area (Å²) in [6.07, 6.45) is -55.2. The molecule has 0 radical (unpaired) electrons. The lowest BCUT2D eigenvalue weighted by atomic mass is 9.94. The first-order chi connectivity index (χ1) is 35.6. The van der Waals surface area contributed by atoms with E-state index in [0.717, 1.165) is 0 Å². The summed E-state index contributed by atoms with van der Waals surface area (Å²) in [5, 5.41) is 96.1. The molecule has 0 aromatic rings. The molecule has 0 bridgehead atoms. The van der Waals surface area contributed by atoms with Gasteiger partial charge in [0.15, 0.2) is 49.8 Å². The average Bonchev–Trinajstić information content (AvgIpc) is 3.29. The predicted molar refractivity (Wildman–Crippen MR) is 226 cm³/mol. The van der Waals surface area contributed by atoms with Gasteiger partial charge in [-0.3, -0.25) is 22.8 Å². The maximum atomic E-state index is 12.7. The van der Waals surface area contributed by atoms with Crippen molar-refractivity contribution in [3.63, 3.8) is 0 Å². The van der Waals surface area contributed by atoms with Gasteiger partial charge in [0.2, 0.25) is 0 Å². The molecule has 5 heterocycles. The van der Waals surface area contributed by atoms with E-state index in [1.54, 1.807) is 0 Å². The van der Waals surface area contributed by atoms with Crippen LogP contribution in [0.2, 0.25) is 0 Å². The number of carbonyl (C=O) groups is 2. The SMILES string of the molecule is NC1[C@@H](O[C@@H]2C(C(=O)O)O[C@@H](O[C@@H]3C(COS(=O)(=O)O)O[C@@H](O[C@H]4C(C(=O)O)O[C@@H](O[C@@H]5C(COS(=O)(=O)O)O[C@H](O)[C@@H](N)C5O)[C@@H](OS(=O)(=O)O)C4O)C(N)[C@H]3OS(=O)(=O)O)[C@@H](O)C2O)OC(COS(=O)(=O)O)[C@@H](O)[C@@H]1O. The molecule has 78 heavy (non-hydrogen) atoms. The van der Waals surface area contributed by atoms with E-state index >= 15 is 0 Å². The van der Waals surface area contributed by atoms with Crippen LogP contribution in [0.4, 0.5) is 0 Å². The number of carboxylic acid groups (broad SMARTS) is 2. The van der Waals surface area contributed by atoms with Crippen molar-refractivity contribution < 1.29 is 184 Å². The van der Waals surface area contributed by atoms with Gasteiger partial charge in [-0.25, -0.2) is 30.5 Å². The molecule has 5 saturated heterocycles. The zero-order chi connectivity index (χ0) is 59.1. The zero-order valence-corrected chi connectivity index (χ0v) is 42.3. The summed E-state index contributed by atoms with van der Waals surface area (Å²) in [6, 6.07) is -6.36. The van der Waals surface area contributed by atoms with Crippen molar-refractivity contribution in [2.45, 2.75) is 153 Å². The van der Waals surface area contributed by atoms with Crippen molar-refractivity contribution in [2.75, 3.05) is 19.8 Å². The van der Waals surface area contributed by atoms with Crippen molar-refractivity contribution >= 4 is 63.9 Å². The number of ether oxygens (including phenoxy) is 9. The summed E-state index contributed by atoms with van der Waals surface area (Å²) in [6.45, 7) is -4.32. The molecule has 25 atom stereocenters. The largest absolute Gasteiger partial charge is 0.479 e. The van der Waals surface area contributed by atoms with E-state index < -0.39 is 237 Å². The summed E-state index contributed by atoms with van der Waals surface area (Å²) < 4.78 is 234. The van der Waals surface area contributed by atoms with Gasteiger partial charge in [0.1, 0.15) is 85.5 Å². The van der Waals surface area contributed by atoms with Gasteiger partial charge < -0.3 is 106 Å². The Kier molecular flexibility index (Phi) is 21.7. The molecule has 0 amide bonds. The third-order valence-corrected chi connectivity index (χ3v) is 13.7. The van der Waals surface area contributed by atoms with Crippen LogP contribution in [0.25, 0.3) is 0 Å². The molecule has 10 unspecified atom stereocenters. The maximum absolute atomic E-state index is 12.7. The van der Waals surface area contributed by atoms with E-state index in [1.807, 2.05) is 0 Å². The van der Waals surface area contributed by atoms with Crippen LogP contribution in [-0.2, 0) is 125 Å². The summed E-state index contributed by atoms with van der Waals surface area (Å²) in [4.78, 5) is 25.3. The van der Waals surface area contributed by atoms with Crippen molar-refractivity contribution in [2.24, 2.45) is 17.2 Å². The average molecular weight is 1250 g/mol. The number of rotatable bonds is 23. The fraction of sp³-hybridized carbons (Fsp3) is 0.933. The number of aliphatic hydroxyl groups is 7. The van der Waals surface area contributed by atoms with Gasteiger partial charge >= 0.3 is 63.9 Å². The molecule has 0 aromatic heterocycles. The summed E-state index contributed by atoms with van der Waals surface area (Å²) in [7, 11) is -28.1. The van der Waals surface area contributed by atoms with Gasteiger partial charge in [-0.2, -0.15) is 42.1 Å². The van der Waals surface area contributed by atoms with E-state index in [2.05, 4.69) is 20.9 Å². The lowest BCUT2D eigenvalue weighted by Gasteiger charge is -2.50. The number of aliphatic carboxylic acids is 2. The second-order valence-corrected chi connectivity index (χ2v) is 22.2. The van der Waals surface area contributed by atoms with Crippen molar-refractivity contribution in [3.8, 4) is 0 Å². The van der Waals surface area contributed by atoms with Crippen LogP contribution in [0.1, 0.15) is 0 Å². The molecular formula is C30H51N3O40S5. The summed E-state index contributed by atoms with van der Waals surface area (Å²) in [5.74, 6) is -4.40. The molecule has 456 valence electrons. The highest BCUT2D eigenvalue weighted by Crippen LogP contribution is 2.37. The molecule has 48 heteroatoms. The van der Waals surface area contributed by atoms with Gasteiger partial charge in [0.25, 0.3) is 0 Å². The molecule has 5 aliphatic rings. The third-order valence-electron chi connectivity index (χ3n) is 11.5. The summed E-state index contributed by atoms with van der Waals surface area (Å²) in [5.41, 5.74) is 17.7. The Morgan fingerprint density at radius 3 is 1.24 bits per heavy atom. The number of hydrogen-bond donors (Lipinski definition) is 17. The van der Waals surface area contributed by atoms with Gasteiger partial charge in [0.05, 0.1) is 37.9 Å². The van der Waals surface area contributed by atoms with Crippen LogP contribution in [0.3, 0.4) is 0 Å². The minimum Gasteiger partial charge on any atom is -0.479 e.